The van der Waals surface area contributed by atoms with E-state index in [9.17, 15) is 9.59 Å². The number of hydrogen-bond donors (Lipinski definition) is 0. The molecule has 7 heteroatoms. The molecule has 1 spiro atoms. The van der Waals surface area contributed by atoms with E-state index in [1.54, 1.807) is 0 Å². The van der Waals surface area contributed by atoms with Gasteiger partial charge in [0, 0.05) is 70.4 Å². The van der Waals surface area contributed by atoms with Crippen molar-refractivity contribution in [2.24, 2.45) is 5.92 Å². The van der Waals surface area contributed by atoms with E-state index in [4.69, 9.17) is 4.74 Å². The van der Waals surface area contributed by atoms with Gasteiger partial charge in [-0.05, 0) is 30.5 Å². The molecular weight excluding hydrogens is 344 g/mol. The van der Waals surface area contributed by atoms with E-state index in [0.717, 1.165) is 45.3 Å². The standard InChI is InChI=1S/C20H26N4O3/c25-18(16-1-2-16)23-9-5-20(6-10-23)17-14-22(11-12-24(17)19(26)27-20)13-15-3-7-21-8-4-15/h3-4,7-8,16-17H,1-2,5-6,9-14H2. The molecule has 5 rings (SSSR count). The van der Waals surface area contributed by atoms with Gasteiger partial charge in [-0.1, -0.05) is 0 Å². The SMILES string of the molecule is O=C(C1CC1)N1CCC2(CC1)OC(=O)N1CCN(Cc3ccncc3)CC12. The summed E-state index contributed by atoms with van der Waals surface area (Å²) in [5.41, 5.74) is 0.802. The highest BCUT2D eigenvalue weighted by Crippen LogP contribution is 2.41. The number of likely N-dealkylation sites (tertiary alicyclic amines) is 1. The van der Waals surface area contributed by atoms with Crippen molar-refractivity contribution in [3.63, 3.8) is 0 Å². The lowest BCUT2D eigenvalue weighted by molar-refractivity contribution is -0.136. The van der Waals surface area contributed by atoms with Gasteiger partial charge in [0.05, 0.1) is 6.04 Å². The number of amides is 2. The first-order chi connectivity index (χ1) is 13.1. The van der Waals surface area contributed by atoms with Crippen LogP contribution in [0.4, 0.5) is 4.79 Å². The average molecular weight is 370 g/mol. The molecule has 144 valence electrons. The van der Waals surface area contributed by atoms with Crippen LogP contribution in [-0.4, -0.2) is 76.1 Å². The predicted octanol–water partition coefficient (Wildman–Crippen LogP) is 1.49. The van der Waals surface area contributed by atoms with E-state index in [2.05, 4.69) is 9.88 Å². The second-order valence-corrected chi connectivity index (χ2v) is 8.33. The topological polar surface area (TPSA) is 66.0 Å². The number of pyridine rings is 1. The molecule has 3 saturated heterocycles. The number of hydrogen-bond acceptors (Lipinski definition) is 5. The van der Waals surface area contributed by atoms with Crippen molar-refractivity contribution in [2.45, 2.75) is 43.9 Å². The van der Waals surface area contributed by atoms with E-state index >= 15 is 0 Å². The van der Waals surface area contributed by atoms with Crippen LogP contribution in [0, 0.1) is 5.92 Å². The fourth-order valence-electron chi connectivity index (χ4n) is 4.83. The summed E-state index contributed by atoms with van der Waals surface area (Å²) < 4.78 is 5.95. The number of ether oxygens (including phenoxy) is 1. The summed E-state index contributed by atoms with van der Waals surface area (Å²) in [6, 6.07) is 4.17. The van der Waals surface area contributed by atoms with Gasteiger partial charge in [-0.15, -0.1) is 0 Å². The number of piperazine rings is 1. The summed E-state index contributed by atoms with van der Waals surface area (Å²) >= 11 is 0. The van der Waals surface area contributed by atoms with E-state index < -0.39 is 5.60 Å². The average Bonchev–Trinajstić information content (AvgIpc) is 3.50. The van der Waals surface area contributed by atoms with Gasteiger partial charge < -0.3 is 9.64 Å². The molecule has 0 N–H and O–H groups in total. The molecule has 2 amide bonds. The number of rotatable bonds is 3. The highest BCUT2D eigenvalue weighted by Gasteiger charge is 2.57. The molecule has 1 atom stereocenters. The minimum Gasteiger partial charge on any atom is -0.440 e. The third-order valence-corrected chi connectivity index (χ3v) is 6.60. The minimum absolute atomic E-state index is 0.0822. The maximum absolute atomic E-state index is 12.5. The smallest absolute Gasteiger partial charge is 0.410 e. The molecule has 1 aromatic heterocycles. The number of aromatic nitrogens is 1. The molecule has 3 aliphatic heterocycles. The molecule has 4 aliphatic rings. The number of nitrogens with zero attached hydrogens (tertiary/aromatic N) is 4. The lowest BCUT2D eigenvalue weighted by Crippen LogP contribution is -2.60. The van der Waals surface area contributed by atoms with Gasteiger partial charge in [0.1, 0.15) is 5.60 Å². The van der Waals surface area contributed by atoms with E-state index in [1.165, 1.54) is 5.56 Å². The Labute approximate surface area is 159 Å². The highest BCUT2D eigenvalue weighted by molar-refractivity contribution is 5.81. The maximum atomic E-state index is 12.5. The molecule has 27 heavy (non-hydrogen) atoms. The number of piperidine rings is 1. The molecule has 7 nitrogen and oxygen atoms in total. The number of carbonyl (C=O) groups is 2. The Bertz CT molecular complexity index is 728. The third kappa shape index (κ3) is 3.08. The molecule has 1 unspecified atom stereocenters. The van der Waals surface area contributed by atoms with E-state index in [1.807, 2.05) is 34.3 Å². The zero-order valence-corrected chi connectivity index (χ0v) is 15.5. The van der Waals surface area contributed by atoms with Crippen LogP contribution in [0.1, 0.15) is 31.2 Å². The van der Waals surface area contributed by atoms with Crippen molar-refractivity contribution in [2.75, 3.05) is 32.7 Å². The Morgan fingerprint density at radius 2 is 1.89 bits per heavy atom. The van der Waals surface area contributed by atoms with Gasteiger partial charge >= 0.3 is 6.09 Å². The van der Waals surface area contributed by atoms with E-state index in [-0.39, 0.29) is 18.1 Å². The fourth-order valence-corrected chi connectivity index (χ4v) is 4.83. The van der Waals surface area contributed by atoms with Crippen molar-refractivity contribution in [1.29, 1.82) is 0 Å². The fraction of sp³-hybridized carbons (Fsp3) is 0.650. The zero-order chi connectivity index (χ0) is 18.4. The van der Waals surface area contributed by atoms with Crippen molar-refractivity contribution < 1.29 is 14.3 Å². The summed E-state index contributed by atoms with van der Waals surface area (Å²) in [4.78, 5) is 35.2. The molecule has 4 fully saturated rings. The maximum Gasteiger partial charge on any atom is 0.410 e. The van der Waals surface area contributed by atoms with Gasteiger partial charge in [0.25, 0.3) is 0 Å². The van der Waals surface area contributed by atoms with Crippen LogP contribution in [-0.2, 0) is 16.1 Å². The Balaban J connectivity index is 1.28. The van der Waals surface area contributed by atoms with Gasteiger partial charge in [-0.3, -0.25) is 19.6 Å². The lowest BCUT2D eigenvalue weighted by Gasteiger charge is -2.45. The van der Waals surface area contributed by atoms with Gasteiger partial charge in [0.2, 0.25) is 5.91 Å². The summed E-state index contributed by atoms with van der Waals surface area (Å²) in [6.07, 6.45) is 7.05. The Kier molecular flexibility index (Phi) is 4.07. The lowest BCUT2D eigenvalue weighted by atomic mass is 9.83. The molecule has 1 aliphatic carbocycles. The molecule has 0 aromatic carbocycles. The van der Waals surface area contributed by atoms with Crippen molar-refractivity contribution in [1.82, 2.24) is 19.7 Å². The molecule has 0 radical (unpaired) electrons. The van der Waals surface area contributed by atoms with Crippen LogP contribution < -0.4 is 0 Å². The van der Waals surface area contributed by atoms with Crippen LogP contribution in [0.2, 0.25) is 0 Å². The quantitative estimate of drug-likeness (QED) is 0.807. The summed E-state index contributed by atoms with van der Waals surface area (Å²) in [5.74, 6) is 0.557. The van der Waals surface area contributed by atoms with Gasteiger partial charge in [0.15, 0.2) is 0 Å². The first-order valence-corrected chi connectivity index (χ1v) is 10.0. The Morgan fingerprint density at radius 1 is 1.15 bits per heavy atom. The highest BCUT2D eigenvalue weighted by atomic mass is 16.6. The van der Waals surface area contributed by atoms with E-state index in [0.29, 0.717) is 25.5 Å². The second-order valence-electron chi connectivity index (χ2n) is 8.33. The first-order valence-electron chi connectivity index (χ1n) is 10.0. The van der Waals surface area contributed by atoms with Crippen molar-refractivity contribution in [3.8, 4) is 0 Å². The molecule has 1 aromatic rings. The van der Waals surface area contributed by atoms with Crippen LogP contribution in [0.3, 0.4) is 0 Å². The molecule has 1 saturated carbocycles. The molecular formula is C20H26N4O3. The Morgan fingerprint density at radius 3 is 2.59 bits per heavy atom. The summed E-state index contributed by atoms with van der Waals surface area (Å²) in [5, 5.41) is 0. The van der Waals surface area contributed by atoms with Crippen LogP contribution in [0.15, 0.2) is 24.5 Å². The van der Waals surface area contributed by atoms with Crippen LogP contribution in [0.5, 0.6) is 0 Å². The summed E-state index contributed by atoms with van der Waals surface area (Å²) in [6.45, 7) is 4.67. The predicted molar refractivity (Wildman–Crippen MR) is 97.8 cm³/mol. The number of carbonyl (C=O) groups excluding carboxylic acids is 2. The van der Waals surface area contributed by atoms with Crippen LogP contribution >= 0.6 is 0 Å². The largest absolute Gasteiger partial charge is 0.440 e. The van der Waals surface area contributed by atoms with Crippen molar-refractivity contribution in [3.05, 3.63) is 30.1 Å². The Hall–Kier alpha value is -2.15. The zero-order valence-electron chi connectivity index (χ0n) is 15.5. The van der Waals surface area contributed by atoms with Crippen LogP contribution in [0.25, 0.3) is 0 Å². The van der Waals surface area contributed by atoms with Gasteiger partial charge in [-0.25, -0.2) is 4.79 Å². The molecule has 0 bridgehead atoms. The monoisotopic (exact) mass is 370 g/mol. The number of fused-ring (bicyclic) bond motifs is 2. The minimum atomic E-state index is -0.436. The second kappa shape index (κ2) is 6.48. The summed E-state index contributed by atoms with van der Waals surface area (Å²) in [7, 11) is 0. The molecule has 4 heterocycles. The van der Waals surface area contributed by atoms with Gasteiger partial charge in [-0.2, -0.15) is 0 Å². The normalized spacial score (nSPS) is 27.6. The first kappa shape index (κ1) is 17.0. The van der Waals surface area contributed by atoms with Crippen molar-refractivity contribution >= 4 is 12.0 Å². The third-order valence-electron chi connectivity index (χ3n) is 6.60.